The maximum Gasteiger partial charge on any atom is 0.167 e. The molecule has 2 aromatic carbocycles. The van der Waals surface area contributed by atoms with Crippen molar-refractivity contribution in [2.75, 3.05) is 7.11 Å². The quantitative estimate of drug-likeness (QED) is 0.397. The molecule has 0 amide bonds. The van der Waals surface area contributed by atoms with Crippen LogP contribution in [-0.2, 0) is 0 Å². The van der Waals surface area contributed by atoms with Gasteiger partial charge in [0.05, 0.1) is 7.11 Å². The van der Waals surface area contributed by atoms with Crippen LogP contribution in [0, 0.1) is 18.8 Å². The fourth-order valence-corrected chi connectivity index (χ4v) is 4.34. The zero-order valence-electron chi connectivity index (χ0n) is 18.2. The normalized spacial score (nSPS) is 21.3. The van der Waals surface area contributed by atoms with Crippen LogP contribution in [0.25, 0.3) is 0 Å². The maximum atomic E-state index is 13.7. The number of carbonyl (C=O) groups is 1. The molecule has 0 N–H and O–H groups in total. The van der Waals surface area contributed by atoms with E-state index in [-0.39, 0.29) is 23.5 Å². The number of carbonyl (C=O) groups excluding carboxylic acids is 1. The minimum atomic E-state index is -0.0632. The van der Waals surface area contributed by atoms with E-state index < -0.39 is 0 Å². The molecule has 0 saturated heterocycles. The molecule has 152 valence electrons. The predicted octanol–water partition coefficient (Wildman–Crippen LogP) is 6.91. The Bertz CT molecular complexity index is 897. The van der Waals surface area contributed by atoms with Crippen molar-refractivity contribution in [3.63, 3.8) is 0 Å². The van der Waals surface area contributed by atoms with Gasteiger partial charge in [-0.15, -0.1) is 0 Å². The molecule has 0 aromatic heterocycles. The van der Waals surface area contributed by atoms with Gasteiger partial charge in [0, 0.05) is 11.5 Å². The number of methoxy groups -OCH3 is 1. The van der Waals surface area contributed by atoms with Crippen molar-refractivity contribution in [2.45, 2.75) is 46.5 Å². The summed E-state index contributed by atoms with van der Waals surface area (Å²) in [6, 6.07) is 16.3. The van der Waals surface area contributed by atoms with Gasteiger partial charge in [-0.1, -0.05) is 65.3 Å². The third-order valence-electron chi connectivity index (χ3n) is 6.11. The molecule has 0 radical (unpaired) electrons. The van der Waals surface area contributed by atoms with Gasteiger partial charge in [0.1, 0.15) is 5.75 Å². The average molecular weight is 389 g/mol. The lowest BCUT2D eigenvalue weighted by Crippen LogP contribution is -2.33. The molecule has 3 rings (SSSR count). The van der Waals surface area contributed by atoms with Gasteiger partial charge in [-0.2, -0.15) is 0 Å². The molecular formula is C27H32O2. The van der Waals surface area contributed by atoms with Crippen LogP contribution >= 0.6 is 0 Å². The Kier molecular flexibility index (Phi) is 6.74. The van der Waals surface area contributed by atoms with Crippen molar-refractivity contribution in [2.24, 2.45) is 11.8 Å². The molecule has 2 nitrogen and oxygen atoms in total. The second-order valence-corrected chi connectivity index (χ2v) is 8.44. The fraction of sp³-hybridized carbons (Fsp3) is 0.370. The third kappa shape index (κ3) is 4.87. The lowest BCUT2D eigenvalue weighted by atomic mass is 9.66. The highest BCUT2D eigenvalue weighted by Gasteiger charge is 2.39. The molecule has 0 aliphatic heterocycles. The van der Waals surface area contributed by atoms with Crippen LogP contribution in [0.1, 0.15) is 61.0 Å². The Labute approximate surface area is 175 Å². The molecule has 0 spiro atoms. The van der Waals surface area contributed by atoms with E-state index in [9.17, 15) is 4.79 Å². The summed E-state index contributed by atoms with van der Waals surface area (Å²) < 4.78 is 5.33. The van der Waals surface area contributed by atoms with Crippen LogP contribution in [0.4, 0.5) is 0 Å². The van der Waals surface area contributed by atoms with Gasteiger partial charge in [-0.25, -0.2) is 0 Å². The number of ether oxygens (including phenoxy) is 1. The molecular weight excluding hydrogens is 356 g/mol. The summed E-state index contributed by atoms with van der Waals surface area (Å²) in [7, 11) is 1.68. The summed E-state index contributed by atoms with van der Waals surface area (Å²) in [4.78, 5) is 13.7. The number of benzene rings is 2. The first kappa shape index (κ1) is 21.1. The van der Waals surface area contributed by atoms with Gasteiger partial charge in [0.15, 0.2) is 5.78 Å². The minimum absolute atomic E-state index is 0.0632. The number of hydrogen-bond acceptors (Lipinski definition) is 2. The number of hydrogen-bond donors (Lipinski definition) is 0. The summed E-state index contributed by atoms with van der Waals surface area (Å²) in [5, 5.41) is 0. The highest BCUT2D eigenvalue weighted by Crippen LogP contribution is 2.44. The van der Waals surface area contributed by atoms with E-state index >= 15 is 0 Å². The third-order valence-corrected chi connectivity index (χ3v) is 6.11. The van der Waals surface area contributed by atoms with Crippen LogP contribution in [-0.4, -0.2) is 12.9 Å². The highest BCUT2D eigenvalue weighted by atomic mass is 16.5. The van der Waals surface area contributed by atoms with Crippen molar-refractivity contribution >= 4 is 5.78 Å². The predicted molar refractivity (Wildman–Crippen MR) is 121 cm³/mol. The lowest BCUT2D eigenvalue weighted by Gasteiger charge is -2.37. The number of rotatable bonds is 6. The van der Waals surface area contributed by atoms with Gasteiger partial charge in [0.2, 0.25) is 0 Å². The fourth-order valence-electron chi connectivity index (χ4n) is 4.34. The Hall–Kier alpha value is -2.61. The van der Waals surface area contributed by atoms with Crippen LogP contribution in [0.15, 0.2) is 71.8 Å². The van der Waals surface area contributed by atoms with Gasteiger partial charge >= 0.3 is 0 Å². The Morgan fingerprint density at radius 1 is 1.03 bits per heavy atom. The van der Waals surface area contributed by atoms with Gasteiger partial charge < -0.3 is 4.74 Å². The molecule has 1 aliphatic rings. The SMILES string of the molecule is COc1ccc([C@@H]2CC=C(C)[C@@H](CC=C(C)C)[C@H]2C(=O)c2ccc(C)cc2)cc1. The zero-order chi connectivity index (χ0) is 21.0. The van der Waals surface area contributed by atoms with Crippen molar-refractivity contribution in [3.8, 4) is 5.75 Å². The molecule has 0 heterocycles. The summed E-state index contributed by atoms with van der Waals surface area (Å²) >= 11 is 0. The maximum absolute atomic E-state index is 13.7. The van der Waals surface area contributed by atoms with E-state index in [1.165, 1.54) is 22.3 Å². The molecule has 0 fully saturated rings. The van der Waals surface area contributed by atoms with Crippen molar-refractivity contribution in [1.29, 1.82) is 0 Å². The summed E-state index contributed by atoms with van der Waals surface area (Å²) in [5.74, 6) is 1.43. The standard InChI is InChI=1S/C27H32O2/c1-18(2)6-16-24-20(4)9-17-25(21-12-14-23(29-5)15-13-21)26(24)27(28)22-10-7-19(3)8-11-22/h6-15,24-26H,16-17H2,1-5H3/t24-,25+,26-/m1/s1. The van der Waals surface area contributed by atoms with Gasteiger partial charge in [0.25, 0.3) is 0 Å². The number of allylic oxidation sites excluding steroid dienone is 4. The molecule has 1 aliphatic carbocycles. The van der Waals surface area contributed by atoms with E-state index in [4.69, 9.17) is 4.74 Å². The van der Waals surface area contributed by atoms with Crippen LogP contribution in [0.5, 0.6) is 5.75 Å². The molecule has 0 unspecified atom stereocenters. The second-order valence-electron chi connectivity index (χ2n) is 8.44. The Morgan fingerprint density at radius 3 is 2.28 bits per heavy atom. The summed E-state index contributed by atoms with van der Waals surface area (Å²) in [5.41, 5.74) is 5.83. The van der Waals surface area contributed by atoms with E-state index in [1.54, 1.807) is 7.11 Å². The van der Waals surface area contributed by atoms with E-state index in [0.717, 1.165) is 24.2 Å². The first-order chi connectivity index (χ1) is 13.9. The number of ketones is 1. The molecule has 2 heteroatoms. The smallest absolute Gasteiger partial charge is 0.167 e. The van der Waals surface area contributed by atoms with Crippen LogP contribution in [0.3, 0.4) is 0 Å². The van der Waals surface area contributed by atoms with E-state index in [2.05, 4.69) is 52.0 Å². The number of Topliss-reactive ketones (excluding diaryl/α,β-unsaturated/α-hetero) is 1. The summed E-state index contributed by atoms with van der Waals surface area (Å²) in [6.45, 7) is 8.49. The second kappa shape index (κ2) is 9.26. The molecule has 3 atom stereocenters. The van der Waals surface area contributed by atoms with Crippen molar-refractivity contribution < 1.29 is 9.53 Å². The molecule has 0 saturated carbocycles. The molecule has 29 heavy (non-hydrogen) atoms. The lowest BCUT2D eigenvalue weighted by molar-refractivity contribution is 0.0850. The van der Waals surface area contributed by atoms with Gasteiger partial charge in [-0.3, -0.25) is 4.79 Å². The monoisotopic (exact) mass is 388 g/mol. The topological polar surface area (TPSA) is 26.3 Å². The van der Waals surface area contributed by atoms with Crippen molar-refractivity contribution in [3.05, 3.63) is 88.5 Å². The molecule has 0 bridgehead atoms. The Balaban J connectivity index is 2.03. The first-order valence-electron chi connectivity index (χ1n) is 10.5. The summed E-state index contributed by atoms with van der Waals surface area (Å²) in [6.07, 6.45) is 6.40. The first-order valence-corrected chi connectivity index (χ1v) is 10.5. The van der Waals surface area contributed by atoms with Crippen LogP contribution in [0.2, 0.25) is 0 Å². The molecule has 2 aromatic rings. The largest absolute Gasteiger partial charge is 0.497 e. The van der Waals surface area contributed by atoms with Crippen LogP contribution < -0.4 is 4.74 Å². The minimum Gasteiger partial charge on any atom is -0.497 e. The van der Waals surface area contributed by atoms with Crippen molar-refractivity contribution in [1.82, 2.24) is 0 Å². The Morgan fingerprint density at radius 2 is 1.69 bits per heavy atom. The van der Waals surface area contributed by atoms with E-state index in [1.807, 2.05) is 36.4 Å². The number of aryl methyl sites for hydroxylation is 1. The zero-order valence-corrected chi connectivity index (χ0v) is 18.2. The highest BCUT2D eigenvalue weighted by molar-refractivity contribution is 5.99. The van der Waals surface area contributed by atoms with Gasteiger partial charge in [-0.05, 0) is 70.1 Å². The average Bonchev–Trinajstić information content (AvgIpc) is 2.72. The van der Waals surface area contributed by atoms with E-state index in [0.29, 0.717) is 0 Å².